The number of carboxylic acids is 2. The molecular formula is C21H39N5O7S. The Hall–Kier alpha value is -2.38. The van der Waals surface area contributed by atoms with Gasteiger partial charge in [-0.3, -0.25) is 19.2 Å². The summed E-state index contributed by atoms with van der Waals surface area (Å²) in [5.41, 5.74) is 11.4. The first-order chi connectivity index (χ1) is 15.9. The predicted octanol–water partition coefficient (Wildman–Crippen LogP) is -0.744. The van der Waals surface area contributed by atoms with E-state index < -0.39 is 60.2 Å². The molecule has 34 heavy (non-hydrogen) atoms. The molecule has 4 atom stereocenters. The Morgan fingerprint density at radius 1 is 0.853 bits per heavy atom. The van der Waals surface area contributed by atoms with Crippen molar-refractivity contribution in [2.24, 2.45) is 17.4 Å². The predicted molar refractivity (Wildman–Crippen MR) is 129 cm³/mol. The largest absolute Gasteiger partial charge is 0.481 e. The minimum absolute atomic E-state index is 0.0370. The normalized spacial score (nSPS) is 14.5. The van der Waals surface area contributed by atoms with Crippen LogP contribution in [0.5, 0.6) is 0 Å². The van der Waals surface area contributed by atoms with E-state index in [2.05, 4.69) is 16.0 Å². The Balaban J connectivity index is 5.40. The van der Waals surface area contributed by atoms with Crippen molar-refractivity contribution in [1.29, 1.82) is 0 Å². The first-order valence-electron chi connectivity index (χ1n) is 11.2. The van der Waals surface area contributed by atoms with E-state index in [-0.39, 0.29) is 12.3 Å². The molecule has 12 nitrogen and oxygen atoms in total. The van der Waals surface area contributed by atoms with Crippen molar-refractivity contribution in [2.45, 2.75) is 76.5 Å². The summed E-state index contributed by atoms with van der Waals surface area (Å²) in [6, 6.07) is -4.51. The van der Waals surface area contributed by atoms with Crippen LogP contribution in [0.1, 0.15) is 52.4 Å². The van der Waals surface area contributed by atoms with Gasteiger partial charge < -0.3 is 37.6 Å². The van der Waals surface area contributed by atoms with Gasteiger partial charge in [-0.05, 0) is 50.2 Å². The Bertz CT molecular complexity index is 692. The van der Waals surface area contributed by atoms with Gasteiger partial charge >= 0.3 is 11.9 Å². The highest BCUT2D eigenvalue weighted by molar-refractivity contribution is 7.98. The van der Waals surface area contributed by atoms with Crippen molar-refractivity contribution in [3.63, 3.8) is 0 Å². The molecule has 0 bridgehead atoms. The van der Waals surface area contributed by atoms with Crippen LogP contribution in [0.15, 0.2) is 0 Å². The van der Waals surface area contributed by atoms with Gasteiger partial charge in [0.2, 0.25) is 17.7 Å². The Labute approximate surface area is 204 Å². The summed E-state index contributed by atoms with van der Waals surface area (Å²) in [6.07, 6.45) is 3.28. The molecule has 196 valence electrons. The smallest absolute Gasteiger partial charge is 0.326 e. The van der Waals surface area contributed by atoms with E-state index in [1.165, 1.54) is 11.8 Å². The molecule has 0 fully saturated rings. The molecule has 13 heteroatoms. The van der Waals surface area contributed by atoms with Crippen molar-refractivity contribution in [3.8, 4) is 0 Å². The average molecular weight is 506 g/mol. The molecular weight excluding hydrogens is 466 g/mol. The first-order valence-corrected chi connectivity index (χ1v) is 12.6. The number of hydrogen-bond acceptors (Lipinski definition) is 8. The lowest BCUT2D eigenvalue weighted by Crippen LogP contribution is -2.57. The summed E-state index contributed by atoms with van der Waals surface area (Å²) < 4.78 is 0. The number of hydrogen-bond donors (Lipinski definition) is 7. The second kappa shape index (κ2) is 17.1. The van der Waals surface area contributed by atoms with Crippen LogP contribution >= 0.6 is 11.8 Å². The van der Waals surface area contributed by atoms with Crippen molar-refractivity contribution in [3.05, 3.63) is 0 Å². The van der Waals surface area contributed by atoms with Gasteiger partial charge in [0.25, 0.3) is 0 Å². The van der Waals surface area contributed by atoms with E-state index in [1.54, 1.807) is 6.26 Å². The Kier molecular flexibility index (Phi) is 15.9. The lowest BCUT2D eigenvalue weighted by atomic mass is 10.0. The van der Waals surface area contributed by atoms with Crippen molar-refractivity contribution < 1.29 is 34.2 Å². The maximum atomic E-state index is 13.0. The standard InChI is InChI=1S/C21H39N5O7S/c1-12(2)10-15(25-18(29)13(23)6-4-5-8-22)20(31)24-14(7-9-34-3)19(30)26-16(21(32)33)11-17(27)28/h12-16H,4-11,22-23H2,1-3H3,(H,24,31)(H,25,29)(H,26,30)(H,27,28)(H,32,33). The monoisotopic (exact) mass is 505 g/mol. The van der Waals surface area contributed by atoms with Crippen LogP contribution in [0, 0.1) is 5.92 Å². The summed E-state index contributed by atoms with van der Waals surface area (Å²) in [6.45, 7) is 4.23. The maximum absolute atomic E-state index is 13.0. The molecule has 0 aromatic heterocycles. The summed E-state index contributed by atoms with van der Waals surface area (Å²) in [7, 11) is 0. The molecule has 0 spiro atoms. The van der Waals surface area contributed by atoms with Crippen LogP contribution < -0.4 is 27.4 Å². The lowest BCUT2D eigenvalue weighted by Gasteiger charge is -2.26. The SMILES string of the molecule is CSCCC(NC(=O)C(CC(C)C)NC(=O)C(N)CCCCN)C(=O)NC(CC(=O)O)C(=O)O. The molecule has 0 aromatic rings. The Morgan fingerprint density at radius 2 is 1.41 bits per heavy atom. The first kappa shape index (κ1) is 31.6. The van der Waals surface area contributed by atoms with Gasteiger partial charge in [0.1, 0.15) is 18.1 Å². The van der Waals surface area contributed by atoms with Crippen LogP contribution in [0.2, 0.25) is 0 Å². The van der Waals surface area contributed by atoms with Gasteiger partial charge in [0.15, 0.2) is 0 Å². The fourth-order valence-corrected chi connectivity index (χ4v) is 3.52. The molecule has 0 rings (SSSR count). The van der Waals surface area contributed by atoms with Gasteiger partial charge in [0.05, 0.1) is 12.5 Å². The van der Waals surface area contributed by atoms with Gasteiger partial charge in [0, 0.05) is 0 Å². The van der Waals surface area contributed by atoms with E-state index in [9.17, 15) is 29.1 Å². The number of carboxylic acid groups (broad SMARTS) is 2. The van der Waals surface area contributed by atoms with Crippen LogP contribution in [-0.2, 0) is 24.0 Å². The van der Waals surface area contributed by atoms with Crippen LogP contribution in [-0.4, -0.2) is 82.6 Å². The molecule has 0 aliphatic rings. The topological polar surface area (TPSA) is 214 Å². The van der Waals surface area contributed by atoms with Gasteiger partial charge in [-0.2, -0.15) is 11.8 Å². The molecule has 0 saturated carbocycles. The third-order valence-electron chi connectivity index (χ3n) is 4.88. The van der Waals surface area contributed by atoms with E-state index in [1.807, 2.05) is 13.8 Å². The highest BCUT2D eigenvalue weighted by Crippen LogP contribution is 2.09. The van der Waals surface area contributed by atoms with Crippen molar-refractivity contribution in [2.75, 3.05) is 18.6 Å². The Morgan fingerprint density at radius 3 is 1.91 bits per heavy atom. The molecule has 4 unspecified atom stereocenters. The number of carbonyl (C=O) groups is 5. The molecule has 0 radical (unpaired) electrons. The van der Waals surface area contributed by atoms with Crippen molar-refractivity contribution in [1.82, 2.24) is 16.0 Å². The van der Waals surface area contributed by atoms with Gasteiger partial charge in [-0.1, -0.05) is 20.3 Å². The van der Waals surface area contributed by atoms with Gasteiger partial charge in [-0.25, -0.2) is 4.79 Å². The average Bonchev–Trinajstić information content (AvgIpc) is 2.74. The maximum Gasteiger partial charge on any atom is 0.326 e. The summed E-state index contributed by atoms with van der Waals surface area (Å²) >= 11 is 1.42. The number of unbranched alkanes of at least 4 members (excludes halogenated alkanes) is 1. The molecule has 9 N–H and O–H groups in total. The third-order valence-corrected chi connectivity index (χ3v) is 5.53. The van der Waals surface area contributed by atoms with E-state index >= 15 is 0 Å². The quantitative estimate of drug-likeness (QED) is 0.116. The number of rotatable bonds is 18. The number of carbonyl (C=O) groups excluding carboxylic acids is 3. The van der Waals surface area contributed by atoms with Crippen LogP contribution in [0.25, 0.3) is 0 Å². The fourth-order valence-electron chi connectivity index (χ4n) is 3.05. The van der Waals surface area contributed by atoms with Gasteiger partial charge in [-0.15, -0.1) is 0 Å². The molecule has 0 aromatic carbocycles. The van der Waals surface area contributed by atoms with E-state index in [0.29, 0.717) is 31.6 Å². The summed E-state index contributed by atoms with van der Waals surface area (Å²) in [5.74, 6) is -4.29. The molecule has 0 heterocycles. The molecule has 0 aliphatic heterocycles. The number of nitrogens with two attached hydrogens (primary N) is 2. The fraction of sp³-hybridized carbons (Fsp3) is 0.762. The molecule has 0 saturated heterocycles. The van der Waals surface area contributed by atoms with Crippen LogP contribution in [0.3, 0.4) is 0 Å². The number of nitrogens with one attached hydrogen (secondary N) is 3. The summed E-state index contributed by atoms with van der Waals surface area (Å²) in [5, 5.41) is 25.5. The molecule has 3 amide bonds. The van der Waals surface area contributed by atoms with E-state index in [0.717, 1.165) is 6.42 Å². The van der Waals surface area contributed by atoms with E-state index in [4.69, 9.17) is 16.6 Å². The highest BCUT2D eigenvalue weighted by atomic mass is 32.2. The minimum Gasteiger partial charge on any atom is -0.481 e. The second-order valence-corrected chi connectivity index (χ2v) is 9.41. The highest BCUT2D eigenvalue weighted by Gasteiger charge is 2.31. The minimum atomic E-state index is -1.64. The van der Waals surface area contributed by atoms with Crippen LogP contribution in [0.4, 0.5) is 0 Å². The zero-order valence-electron chi connectivity index (χ0n) is 20.0. The lowest BCUT2D eigenvalue weighted by molar-refractivity contribution is -0.147. The number of thioether (sulfide) groups is 1. The zero-order valence-corrected chi connectivity index (χ0v) is 20.9. The van der Waals surface area contributed by atoms with Crippen molar-refractivity contribution >= 4 is 41.4 Å². The zero-order chi connectivity index (χ0) is 26.3. The summed E-state index contributed by atoms with van der Waals surface area (Å²) in [4.78, 5) is 60.4. The second-order valence-electron chi connectivity index (χ2n) is 8.42. The number of aliphatic carboxylic acids is 2. The number of amides is 3. The molecule has 0 aliphatic carbocycles. The third kappa shape index (κ3) is 13.4.